The number of aromatic hydroxyl groups is 1. The van der Waals surface area contributed by atoms with E-state index in [4.69, 9.17) is 33.0 Å². The minimum absolute atomic E-state index is 0.0204. The van der Waals surface area contributed by atoms with Gasteiger partial charge >= 0.3 is 0 Å². The van der Waals surface area contributed by atoms with E-state index >= 15 is 0 Å². The monoisotopic (exact) mass is 416 g/mol. The smallest absolute Gasteiger partial charge is 0.217 e. The predicted octanol–water partition coefficient (Wildman–Crippen LogP) is 6.00. The first-order valence-corrected chi connectivity index (χ1v) is 10.1. The molecule has 2 aromatic carbocycles. The predicted molar refractivity (Wildman–Crippen MR) is 108 cm³/mol. The summed E-state index contributed by atoms with van der Waals surface area (Å²) in [6.07, 6.45) is 0.175. The molecule has 2 unspecified atom stereocenters. The fourth-order valence-electron chi connectivity index (χ4n) is 3.58. The highest BCUT2D eigenvalue weighted by atomic mass is 35.5. The van der Waals surface area contributed by atoms with Crippen molar-refractivity contribution < 1.29 is 9.84 Å². The van der Waals surface area contributed by atoms with E-state index in [-0.39, 0.29) is 11.8 Å². The number of hydrogen-bond donors (Lipinski definition) is 1. The maximum Gasteiger partial charge on any atom is 0.217 e. The van der Waals surface area contributed by atoms with E-state index in [2.05, 4.69) is 6.07 Å². The molecule has 27 heavy (non-hydrogen) atoms. The molecule has 3 heterocycles. The minimum atomic E-state index is -0.570. The zero-order chi connectivity index (χ0) is 18.5. The molecule has 7 heteroatoms. The van der Waals surface area contributed by atoms with Gasteiger partial charge in [-0.2, -0.15) is 5.10 Å². The maximum absolute atomic E-state index is 10.4. The summed E-state index contributed by atoms with van der Waals surface area (Å²) in [5.74, 6) is 0.869. The van der Waals surface area contributed by atoms with Crippen LogP contribution in [-0.4, -0.2) is 15.8 Å². The van der Waals surface area contributed by atoms with Gasteiger partial charge in [-0.3, -0.25) is 0 Å². The Morgan fingerprint density at radius 3 is 2.63 bits per heavy atom. The Kier molecular flexibility index (Phi) is 4.04. The highest BCUT2D eigenvalue weighted by Crippen LogP contribution is 2.49. The van der Waals surface area contributed by atoms with Crippen LogP contribution in [0.1, 0.15) is 34.7 Å². The lowest BCUT2D eigenvalue weighted by Crippen LogP contribution is -2.33. The molecule has 0 amide bonds. The molecule has 0 bridgehead atoms. The van der Waals surface area contributed by atoms with Gasteiger partial charge in [-0.05, 0) is 47.8 Å². The fraction of sp³-hybridized carbons (Fsp3) is 0.150. The summed E-state index contributed by atoms with van der Waals surface area (Å²) in [7, 11) is 0. The zero-order valence-corrected chi connectivity index (χ0v) is 16.3. The van der Waals surface area contributed by atoms with E-state index in [0.29, 0.717) is 15.6 Å². The molecule has 136 valence electrons. The van der Waals surface area contributed by atoms with Crippen LogP contribution in [0, 0.1) is 0 Å². The number of phenols is 1. The second kappa shape index (κ2) is 6.44. The third-order valence-electron chi connectivity index (χ3n) is 4.81. The van der Waals surface area contributed by atoms with Crippen molar-refractivity contribution in [3.05, 3.63) is 80.0 Å². The first-order valence-electron chi connectivity index (χ1n) is 8.44. The van der Waals surface area contributed by atoms with Gasteiger partial charge in [-0.15, -0.1) is 11.3 Å². The van der Waals surface area contributed by atoms with E-state index in [1.54, 1.807) is 35.6 Å². The summed E-state index contributed by atoms with van der Waals surface area (Å²) < 4.78 is 6.23. The van der Waals surface area contributed by atoms with Gasteiger partial charge in [0.2, 0.25) is 6.23 Å². The van der Waals surface area contributed by atoms with Crippen molar-refractivity contribution in [1.29, 1.82) is 0 Å². The van der Waals surface area contributed by atoms with E-state index in [0.717, 1.165) is 28.3 Å². The molecular formula is C20H14Cl2N2O2S. The van der Waals surface area contributed by atoms with Gasteiger partial charge in [0, 0.05) is 22.0 Å². The highest BCUT2D eigenvalue weighted by Gasteiger charge is 2.42. The lowest BCUT2D eigenvalue weighted by Gasteiger charge is -2.38. The SMILES string of the molecule is Oc1ccc(Cl)cc1C1Oc2ccc(Cl)cc2C2CC(c3cccs3)=NN21. The Bertz CT molecular complexity index is 1050. The van der Waals surface area contributed by atoms with Crippen LogP contribution in [0.5, 0.6) is 11.5 Å². The molecule has 0 aliphatic carbocycles. The van der Waals surface area contributed by atoms with Gasteiger partial charge in [0.25, 0.3) is 0 Å². The molecule has 2 aliphatic heterocycles. The lowest BCUT2D eigenvalue weighted by molar-refractivity contribution is -0.0203. The van der Waals surface area contributed by atoms with Crippen molar-refractivity contribution in [2.24, 2.45) is 5.10 Å². The molecule has 4 nitrogen and oxygen atoms in total. The van der Waals surface area contributed by atoms with Gasteiger partial charge in [0.05, 0.1) is 22.2 Å². The van der Waals surface area contributed by atoms with Gasteiger partial charge in [0.15, 0.2) is 0 Å². The van der Waals surface area contributed by atoms with Crippen molar-refractivity contribution in [2.45, 2.75) is 18.7 Å². The number of phenolic OH excluding ortho intramolecular Hbond substituents is 1. The second-order valence-electron chi connectivity index (χ2n) is 6.48. The number of hydrogen-bond acceptors (Lipinski definition) is 5. The summed E-state index contributed by atoms with van der Waals surface area (Å²) in [4.78, 5) is 1.13. The van der Waals surface area contributed by atoms with Crippen molar-refractivity contribution in [3.8, 4) is 11.5 Å². The van der Waals surface area contributed by atoms with Crippen LogP contribution < -0.4 is 4.74 Å². The van der Waals surface area contributed by atoms with Crippen molar-refractivity contribution in [2.75, 3.05) is 0 Å². The molecule has 5 rings (SSSR count). The molecule has 0 saturated carbocycles. The van der Waals surface area contributed by atoms with Gasteiger partial charge in [-0.25, -0.2) is 5.01 Å². The number of hydrazone groups is 1. The molecule has 0 fully saturated rings. The molecule has 2 aliphatic rings. The van der Waals surface area contributed by atoms with E-state index < -0.39 is 6.23 Å². The Labute approximate surface area is 170 Å². The molecule has 3 aromatic rings. The topological polar surface area (TPSA) is 45.1 Å². The molecule has 0 saturated heterocycles. The van der Waals surface area contributed by atoms with Crippen LogP contribution in [0.15, 0.2) is 59.0 Å². The van der Waals surface area contributed by atoms with Crippen LogP contribution in [0.2, 0.25) is 10.0 Å². The van der Waals surface area contributed by atoms with Crippen molar-refractivity contribution in [3.63, 3.8) is 0 Å². The summed E-state index contributed by atoms with van der Waals surface area (Å²) in [5.41, 5.74) is 2.58. The largest absolute Gasteiger partial charge is 0.507 e. The van der Waals surface area contributed by atoms with Crippen LogP contribution in [0.25, 0.3) is 0 Å². The zero-order valence-electron chi connectivity index (χ0n) is 14.0. The van der Waals surface area contributed by atoms with Gasteiger partial charge in [0.1, 0.15) is 11.5 Å². The third kappa shape index (κ3) is 2.87. The fourth-order valence-corrected chi connectivity index (χ4v) is 4.66. The van der Waals surface area contributed by atoms with Crippen LogP contribution in [-0.2, 0) is 0 Å². The Morgan fingerprint density at radius 1 is 1.07 bits per heavy atom. The molecule has 1 N–H and O–H groups in total. The first-order chi connectivity index (χ1) is 13.1. The Balaban J connectivity index is 1.65. The molecular weight excluding hydrogens is 403 g/mol. The van der Waals surface area contributed by atoms with Gasteiger partial charge in [-0.1, -0.05) is 29.3 Å². The number of benzene rings is 2. The summed E-state index contributed by atoms with van der Waals surface area (Å²) >= 11 is 14.1. The van der Waals surface area contributed by atoms with E-state index in [1.165, 1.54) is 0 Å². The summed E-state index contributed by atoms with van der Waals surface area (Å²) in [6.45, 7) is 0. The number of thiophene rings is 1. The quantitative estimate of drug-likeness (QED) is 0.556. The number of fused-ring (bicyclic) bond motifs is 3. The minimum Gasteiger partial charge on any atom is -0.507 e. The molecule has 1 aromatic heterocycles. The normalized spacial score (nSPS) is 20.7. The average molecular weight is 417 g/mol. The molecule has 0 radical (unpaired) electrons. The Morgan fingerprint density at radius 2 is 1.85 bits per heavy atom. The molecule has 0 spiro atoms. The van der Waals surface area contributed by atoms with Crippen LogP contribution in [0.3, 0.4) is 0 Å². The first kappa shape index (κ1) is 16.9. The molecule has 2 atom stereocenters. The standard InChI is InChI=1S/C20H14Cl2N2O2S/c21-11-3-5-17(25)14(9-11)20-24-16(10-15(23-24)19-2-1-7-27-19)13-8-12(22)4-6-18(13)26-20/h1-9,16,20,25H,10H2. The number of nitrogens with zero attached hydrogens (tertiary/aromatic N) is 2. The van der Waals surface area contributed by atoms with E-state index in [1.807, 2.05) is 28.6 Å². The maximum atomic E-state index is 10.4. The van der Waals surface area contributed by atoms with Crippen LogP contribution >= 0.6 is 34.5 Å². The van der Waals surface area contributed by atoms with E-state index in [9.17, 15) is 5.11 Å². The third-order valence-corrected chi connectivity index (χ3v) is 6.20. The van der Waals surface area contributed by atoms with Crippen LogP contribution in [0.4, 0.5) is 0 Å². The summed E-state index contributed by atoms with van der Waals surface area (Å²) in [5, 5.41) is 20.4. The average Bonchev–Trinajstić information content (AvgIpc) is 3.32. The second-order valence-corrected chi connectivity index (χ2v) is 8.30. The van der Waals surface area contributed by atoms with Crippen molar-refractivity contribution >= 4 is 40.3 Å². The van der Waals surface area contributed by atoms with Gasteiger partial charge < -0.3 is 9.84 Å². The number of halogens is 2. The number of rotatable bonds is 2. The Hall–Kier alpha value is -2.21. The number of ether oxygens (including phenoxy) is 1. The summed E-state index contributed by atoms with van der Waals surface area (Å²) in [6, 6.07) is 14.6. The highest BCUT2D eigenvalue weighted by molar-refractivity contribution is 7.12. The van der Waals surface area contributed by atoms with Crippen molar-refractivity contribution in [1.82, 2.24) is 5.01 Å². The lowest BCUT2D eigenvalue weighted by atomic mass is 9.97.